The first-order valence-electron chi connectivity index (χ1n) is 7.93. The van der Waals surface area contributed by atoms with Crippen molar-refractivity contribution < 1.29 is 0 Å². The van der Waals surface area contributed by atoms with Gasteiger partial charge in [-0.1, -0.05) is 77.8 Å². The van der Waals surface area contributed by atoms with Crippen LogP contribution < -0.4 is 0 Å². The highest BCUT2D eigenvalue weighted by molar-refractivity contribution is 6.30. The third kappa shape index (κ3) is 2.47. The lowest BCUT2D eigenvalue weighted by molar-refractivity contribution is 0.738. The Kier molecular flexibility index (Phi) is 3.75. The largest absolute Gasteiger partial charge is 0.0843 e. The predicted octanol–water partition coefficient (Wildman–Crippen LogP) is 6.74. The lowest BCUT2D eigenvalue weighted by Gasteiger charge is -2.24. The third-order valence-corrected chi connectivity index (χ3v) is 5.31. The van der Waals surface area contributed by atoms with Crippen LogP contribution in [0.3, 0.4) is 0 Å². The van der Waals surface area contributed by atoms with Crippen molar-refractivity contribution in [2.24, 2.45) is 0 Å². The van der Waals surface area contributed by atoms with Gasteiger partial charge in [0.25, 0.3) is 0 Å². The van der Waals surface area contributed by atoms with Gasteiger partial charge < -0.3 is 0 Å². The molecule has 4 rings (SSSR count). The van der Waals surface area contributed by atoms with Gasteiger partial charge in [-0.15, -0.1) is 0 Å². The van der Waals surface area contributed by atoms with Crippen LogP contribution in [0, 0.1) is 0 Å². The Morgan fingerprint density at radius 3 is 1.96 bits per heavy atom. The molecule has 0 bridgehead atoms. The molecule has 24 heavy (non-hydrogen) atoms. The van der Waals surface area contributed by atoms with E-state index >= 15 is 0 Å². The molecule has 2 heteroatoms. The molecule has 1 unspecified atom stereocenters. The van der Waals surface area contributed by atoms with Crippen LogP contribution in [0.25, 0.3) is 5.57 Å². The van der Waals surface area contributed by atoms with E-state index in [0.717, 1.165) is 10.0 Å². The highest BCUT2D eigenvalue weighted by Crippen LogP contribution is 2.47. The summed E-state index contributed by atoms with van der Waals surface area (Å²) >= 11 is 12.1. The highest BCUT2D eigenvalue weighted by Gasteiger charge is 2.35. The van der Waals surface area contributed by atoms with E-state index < -0.39 is 0 Å². The van der Waals surface area contributed by atoms with E-state index in [1.807, 2.05) is 24.3 Å². The second-order valence-corrected chi connectivity index (χ2v) is 7.19. The van der Waals surface area contributed by atoms with Crippen LogP contribution in [0.5, 0.6) is 0 Å². The van der Waals surface area contributed by atoms with E-state index in [2.05, 4.69) is 61.5 Å². The normalized spacial score (nSPS) is 19.0. The predicted molar refractivity (Wildman–Crippen MR) is 103 cm³/mol. The zero-order valence-corrected chi connectivity index (χ0v) is 14.8. The molecule has 0 saturated carbocycles. The molecule has 0 nitrogen and oxygen atoms in total. The number of benzene rings is 3. The van der Waals surface area contributed by atoms with E-state index in [1.54, 1.807) is 0 Å². The van der Waals surface area contributed by atoms with Crippen LogP contribution >= 0.6 is 23.2 Å². The molecule has 3 aromatic carbocycles. The van der Waals surface area contributed by atoms with Crippen LogP contribution in [0.4, 0.5) is 0 Å². The second-order valence-electron chi connectivity index (χ2n) is 6.32. The van der Waals surface area contributed by atoms with Gasteiger partial charge in [0, 0.05) is 15.5 Å². The third-order valence-electron chi connectivity index (χ3n) is 4.81. The Hall–Kier alpha value is -2.02. The van der Waals surface area contributed by atoms with E-state index in [1.165, 1.54) is 27.8 Å². The van der Waals surface area contributed by atoms with Crippen molar-refractivity contribution in [2.75, 3.05) is 0 Å². The summed E-state index contributed by atoms with van der Waals surface area (Å²) in [5.74, 6) is 0. The molecular formula is C22H16Cl2. The highest BCUT2D eigenvalue weighted by atomic mass is 35.5. The maximum absolute atomic E-state index is 6.08. The summed E-state index contributed by atoms with van der Waals surface area (Å²) in [5.41, 5.74) is 6.10. The van der Waals surface area contributed by atoms with Crippen molar-refractivity contribution >= 4 is 28.8 Å². The summed E-state index contributed by atoms with van der Waals surface area (Å²) in [6.45, 7) is 2.26. The Balaban J connectivity index is 1.92. The molecule has 1 aliphatic rings. The average molecular weight is 351 g/mol. The number of fused-ring (bicyclic) bond motifs is 1. The minimum atomic E-state index is -0.170. The Morgan fingerprint density at radius 2 is 1.29 bits per heavy atom. The lowest BCUT2D eigenvalue weighted by Crippen LogP contribution is -2.18. The maximum atomic E-state index is 6.08. The summed E-state index contributed by atoms with van der Waals surface area (Å²) < 4.78 is 0. The molecule has 0 aliphatic heterocycles. The average Bonchev–Trinajstić information content (AvgIpc) is 2.91. The molecule has 0 amide bonds. The van der Waals surface area contributed by atoms with Gasteiger partial charge in [0.1, 0.15) is 0 Å². The van der Waals surface area contributed by atoms with Gasteiger partial charge in [-0.05, 0) is 59.0 Å². The van der Waals surface area contributed by atoms with Crippen LogP contribution in [0.1, 0.15) is 29.2 Å². The molecule has 0 aromatic heterocycles. The number of halogens is 2. The minimum absolute atomic E-state index is 0.170. The fourth-order valence-electron chi connectivity index (χ4n) is 3.52. The van der Waals surface area contributed by atoms with Crippen molar-refractivity contribution in [3.63, 3.8) is 0 Å². The summed E-state index contributed by atoms with van der Waals surface area (Å²) in [7, 11) is 0. The van der Waals surface area contributed by atoms with Gasteiger partial charge in [0.2, 0.25) is 0 Å². The zero-order chi connectivity index (χ0) is 16.7. The van der Waals surface area contributed by atoms with Gasteiger partial charge in [-0.25, -0.2) is 0 Å². The van der Waals surface area contributed by atoms with Crippen molar-refractivity contribution in [2.45, 2.75) is 12.3 Å². The van der Waals surface area contributed by atoms with Gasteiger partial charge in [0.05, 0.1) is 0 Å². The SMILES string of the molecule is CC1(c2ccc(Cl)cc2)C=C(c2ccc(Cl)cc2)c2ccccc21. The molecule has 0 fully saturated rings. The smallest absolute Gasteiger partial charge is 0.0406 e. The summed E-state index contributed by atoms with van der Waals surface area (Å²) in [5, 5.41) is 1.52. The summed E-state index contributed by atoms with van der Waals surface area (Å²) in [6.07, 6.45) is 2.35. The van der Waals surface area contributed by atoms with E-state index in [4.69, 9.17) is 23.2 Å². The molecule has 1 atom stereocenters. The van der Waals surface area contributed by atoms with Crippen LogP contribution in [0.2, 0.25) is 10.0 Å². The number of rotatable bonds is 2. The Labute approximate surface area is 152 Å². The van der Waals surface area contributed by atoms with E-state index in [-0.39, 0.29) is 5.41 Å². The lowest BCUT2D eigenvalue weighted by atomic mass is 9.78. The second kappa shape index (κ2) is 5.81. The minimum Gasteiger partial charge on any atom is -0.0843 e. The van der Waals surface area contributed by atoms with Crippen molar-refractivity contribution in [3.05, 3.63) is 111 Å². The fraction of sp³-hybridized carbons (Fsp3) is 0.0909. The first kappa shape index (κ1) is 15.5. The van der Waals surface area contributed by atoms with E-state index in [0.29, 0.717) is 0 Å². The molecule has 118 valence electrons. The topological polar surface area (TPSA) is 0 Å². The number of allylic oxidation sites excluding steroid dienone is 1. The maximum Gasteiger partial charge on any atom is 0.0406 e. The Bertz CT molecular complexity index is 921. The van der Waals surface area contributed by atoms with Crippen LogP contribution in [0.15, 0.2) is 78.9 Å². The molecule has 0 heterocycles. The summed E-state index contributed by atoms with van der Waals surface area (Å²) in [4.78, 5) is 0. The monoisotopic (exact) mass is 350 g/mol. The van der Waals surface area contributed by atoms with Gasteiger partial charge in [0.15, 0.2) is 0 Å². The van der Waals surface area contributed by atoms with Crippen molar-refractivity contribution in [1.29, 1.82) is 0 Å². The molecule has 3 aromatic rings. The molecule has 0 radical (unpaired) electrons. The molecule has 0 N–H and O–H groups in total. The standard InChI is InChI=1S/C22H16Cl2/c1-22(16-8-12-18(24)13-9-16)14-20(15-6-10-17(23)11-7-15)19-4-2-3-5-21(19)22/h2-14H,1H3. The summed E-state index contributed by atoms with van der Waals surface area (Å²) in [6, 6.07) is 24.8. The first-order valence-corrected chi connectivity index (χ1v) is 8.68. The fourth-order valence-corrected chi connectivity index (χ4v) is 3.77. The molecule has 0 saturated heterocycles. The number of hydrogen-bond acceptors (Lipinski definition) is 0. The van der Waals surface area contributed by atoms with Gasteiger partial charge in [-0.3, -0.25) is 0 Å². The van der Waals surface area contributed by atoms with Crippen molar-refractivity contribution in [1.82, 2.24) is 0 Å². The molecule has 1 aliphatic carbocycles. The van der Waals surface area contributed by atoms with Crippen LogP contribution in [-0.4, -0.2) is 0 Å². The zero-order valence-electron chi connectivity index (χ0n) is 13.3. The molecule has 0 spiro atoms. The van der Waals surface area contributed by atoms with Gasteiger partial charge in [-0.2, -0.15) is 0 Å². The van der Waals surface area contributed by atoms with Gasteiger partial charge >= 0.3 is 0 Å². The quantitative estimate of drug-likeness (QED) is 0.479. The van der Waals surface area contributed by atoms with Crippen LogP contribution in [-0.2, 0) is 5.41 Å². The molecular weight excluding hydrogens is 335 g/mol. The Morgan fingerprint density at radius 1 is 0.708 bits per heavy atom. The van der Waals surface area contributed by atoms with Crippen molar-refractivity contribution in [3.8, 4) is 0 Å². The first-order chi connectivity index (χ1) is 11.6. The van der Waals surface area contributed by atoms with E-state index in [9.17, 15) is 0 Å². The number of hydrogen-bond donors (Lipinski definition) is 0.